The predicted molar refractivity (Wildman–Crippen MR) is 85.8 cm³/mol. The van der Waals surface area contributed by atoms with Crippen molar-refractivity contribution < 1.29 is 19.8 Å². The van der Waals surface area contributed by atoms with Crippen LogP contribution in [0.25, 0.3) is 22.0 Å². The summed E-state index contributed by atoms with van der Waals surface area (Å²) in [5.41, 5.74) is 2.02. The van der Waals surface area contributed by atoms with Crippen LogP contribution in [0, 0.1) is 6.92 Å². The number of hydrogen-bond acceptors (Lipinski definition) is 3. The highest BCUT2D eigenvalue weighted by molar-refractivity contribution is 6.05. The van der Waals surface area contributed by atoms with Crippen LogP contribution in [-0.4, -0.2) is 27.1 Å². The molecule has 0 radical (unpaired) electrons. The van der Waals surface area contributed by atoms with Gasteiger partial charge in [-0.15, -0.1) is 0 Å². The number of carboxylic acid groups (broad SMARTS) is 2. The van der Waals surface area contributed by atoms with E-state index < -0.39 is 11.9 Å². The van der Waals surface area contributed by atoms with Gasteiger partial charge in [-0.3, -0.25) is 4.98 Å². The second-order valence-corrected chi connectivity index (χ2v) is 5.15. The quantitative estimate of drug-likeness (QED) is 0.772. The van der Waals surface area contributed by atoms with Crippen LogP contribution in [0.2, 0.25) is 0 Å². The molecule has 0 aliphatic heterocycles. The molecule has 3 rings (SSSR count). The topological polar surface area (TPSA) is 87.5 Å². The third-order valence-electron chi connectivity index (χ3n) is 3.83. The van der Waals surface area contributed by atoms with Crippen molar-refractivity contribution in [2.75, 3.05) is 0 Å². The van der Waals surface area contributed by atoms with Gasteiger partial charge in [0.25, 0.3) is 0 Å². The van der Waals surface area contributed by atoms with E-state index in [2.05, 4.69) is 4.98 Å². The molecule has 2 N–H and O–H groups in total. The molecule has 0 amide bonds. The zero-order valence-electron chi connectivity index (χ0n) is 12.3. The summed E-state index contributed by atoms with van der Waals surface area (Å²) in [6.45, 7) is 1.51. The molecule has 5 heteroatoms. The lowest BCUT2D eigenvalue weighted by Crippen LogP contribution is -2.09. The molecule has 0 aliphatic rings. The molecule has 1 heterocycles. The number of benzene rings is 2. The summed E-state index contributed by atoms with van der Waals surface area (Å²) < 4.78 is 0. The van der Waals surface area contributed by atoms with E-state index in [4.69, 9.17) is 0 Å². The van der Waals surface area contributed by atoms with Crippen molar-refractivity contribution in [3.63, 3.8) is 0 Å². The van der Waals surface area contributed by atoms with Crippen LogP contribution >= 0.6 is 0 Å². The van der Waals surface area contributed by atoms with E-state index >= 15 is 0 Å². The van der Waals surface area contributed by atoms with Crippen LogP contribution in [0.15, 0.2) is 48.7 Å². The van der Waals surface area contributed by atoms with Gasteiger partial charge in [-0.1, -0.05) is 30.3 Å². The van der Waals surface area contributed by atoms with E-state index in [-0.39, 0.29) is 16.7 Å². The second-order valence-electron chi connectivity index (χ2n) is 5.15. The Bertz CT molecular complexity index is 942. The molecule has 0 saturated carbocycles. The summed E-state index contributed by atoms with van der Waals surface area (Å²) in [5, 5.41) is 19.7. The smallest absolute Gasteiger partial charge is 0.336 e. The van der Waals surface area contributed by atoms with Crippen molar-refractivity contribution in [1.82, 2.24) is 4.98 Å². The number of pyridine rings is 1. The van der Waals surface area contributed by atoms with Crippen molar-refractivity contribution in [3.8, 4) is 11.1 Å². The van der Waals surface area contributed by atoms with Crippen molar-refractivity contribution in [2.24, 2.45) is 0 Å². The summed E-state index contributed by atoms with van der Waals surface area (Å²) in [4.78, 5) is 27.3. The average Bonchev–Trinajstić information content (AvgIpc) is 2.53. The average molecular weight is 307 g/mol. The molecule has 0 spiro atoms. The fourth-order valence-electron chi connectivity index (χ4n) is 2.76. The molecule has 2 aromatic carbocycles. The SMILES string of the molecule is Cc1c(C(=O)O)ccc(-c2cccc3cccnc23)c1C(=O)O. The zero-order chi connectivity index (χ0) is 16.6. The Kier molecular flexibility index (Phi) is 3.54. The van der Waals surface area contributed by atoms with Crippen LogP contribution in [0.5, 0.6) is 0 Å². The number of aromatic nitrogens is 1. The van der Waals surface area contributed by atoms with Gasteiger partial charge in [0.15, 0.2) is 0 Å². The van der Waals surface area contributed by atoms with Gasteiger partial charge in [-0.25, -0.2) is 9.59 Å². The first-order chi connectivity index (χ1) is 11.0. The van der Waals surface area contributed by atoms with Gasteiger partial charge in [-0.2, -0.15) is 0 Å². The van der Waals surface area contributed by atoms with Crippen LogP contribution in [-0.2, 0) is 0 Å². The maximum Gasteiger partial charge on any atom is 0.336 e. The minimum atomic E-state index is -1.16. The lowest BCUT2D eigenvalue weighted by molar-refractivity contribution is 0.0696. The van der Waals surface area contributed by atoms with Gasteiger partial charge in [0.05, 0.1) is 16.6 Å². The minimum absolute atomic E-state index is 0.0111. The highest BCUT2D eigenvalue weighted by Gasteiger charge is 2.21. The molecule has 3 aromatic rings. The van der Waals surface area contributed by atoms with Gasteiger partial charge >= 0.3 is 11.9 Å². The highest BCUT2D eigenvalue weighted by Crippen LogP contribution is 2.32. The molecule has 0 unspecified atom stereocenters. The van der Waals surface area contributed by atoms with Gasteiger partial charge < -0.3 is 10.2 Å². The molecule has 0 fully saturated rings. The lowest BCUT2D eigenvalue weighted by atomic mass is 9.91. The minimum Gasteiger partial charge on any atom is -0.478 e. The number of nitrogens with zero attached hydrogens (tertiary/aromatic N) is 1. The molecule has 0 atom stereocenters. The number of rotatable bonds is 3. The van der Waals surface area contributed by atoms with E-state index in [1.807, 2.05) is 24.3 Å². The zero-order valence-corrected chi connectivity index (χ0v) is 12.3. The number of hydrogen-bond donors (Lipinski definition) is 2. The summed E-state index contributed by atoms with van der Waals surface area (Å²) >= 11 is 0. The molecule has 23 heavy (non-hydrogen) atoms. The first-order valence-corrected chi connectivity index (χ1v) is 6.95. The lowest BCUT2D eigenvalue weighted by Gasteiger charge is -2.13. The van der Waals surface area contributed by atoms with Gasteiger partial charge in [0.2, 0.25) is 0 Å². The maximum atomic E-state index is 11.7. The van der Waals surface area contributed by atoms with E-state index in [0.717, 1.165) is 5.39 Å². The van der Waals surface area contributed by atoms with E-state index in [0.29, 0.717) is 16.6 Å². The highest BCUT2D eigenvalue weighted by atomic mass is 16.4. The second kappa shape index (κ2) is 5.53. The Labute approximate surface area is 131 Å². The summed E-state index contributed by atoms with van der Waals surface area (Å²) in [6, 6.07) is 12.2. The van der Waals surface area contributed by atoms with Crippen LogP contribution < -0.4 is 0 Å². The Morgan fingerprint density at radius 2 is 1.65 bits per heavy atom. The van der Waals surface area contributed by atoms with Crippen molar-refractivity contribution >= 4 is 22.8 Å². The first-order valence-electron chi connectivity index (χ1n) is 6.95. The van der Waals surface area contributed by atoms with Crippen molar-refractivity contribution in [2.45, 2.75) is 6.92 Å². The summed E-state index contributed by atoms with van der Waals surface area (Å²) in [5.74, 6) is -2.30. The Hall–Kier alpha value is -3.21. The molecule has 0 aliphatic carbocycles. The molecule has 5 nitrogen and oxygen atoms in total. The van der Waals surface area contributed by atoms with E-state index in [1.54, 1.807) is 12.3 Å². The molecule has 114 valence electrons. The number of para-hydroxylation sites is 1. The third kappa shape index (κ3) is 2.42. The van der Waals surface area contributed by atoms with Crippen LogP contribution in [0.4, 0.5) is 0 Å². The third-order valence-corrected chi connectivity index (χ3v) is 3.83. The molecular formula is C18H13NO4. The summed E-state index contributed by atoms with van der Waals surface area (Å²) in [6.07, 6.45) is 1.64. The van der Waals surface area contributed by atoms with Gasteiger partial charge in [0, 0.05) is 17.1 Å². The van der Waals surface area contributed by atoms with E-state index in [1.165, 1.54) is 19.1 Å². The molecular weight excluding hydrogens is 294 g/mol. The molecule has 0 saturated heterocycles. The van der Waals surface area contributed by atoms with E-state index in [9.17, 15) is 19.8 Å². The Morgan fingerprint density at radius 3 is 2.35 bits per heavy atom. The predicted octanol–water partition coefficient (Wildman–Crippen LogP) is 3.61. The Morgan fingerprint density at radius 1 is 0.913 bits per heavy atom. The van der Waals surface area contributed by atoms with Gasteiger partial charge in [-0.05, 0) is 30.2 Å². The number of aromatic carboxylic acids is 2. The largest absolute Gasteiger partial charge is 0.478 e. The fourth-order valence-corrected chi connectivity index (χ4v) is 2.76. The monoisotopic (exact) mass is 307 g/mol. The number of carboxylic acids is 2. The first kappa shape index (κ1) is 14.7. The molecule has 1 aromatic heterocycles. The normalized spacial score (nSPS) is 10.7. The number of carbonyl (C=O) groups is 2. The van der Waals surface area contributed by atoms with Gasteiger partial charge in [0.1, 0.15) is 0 Å². The fraction of sp³-hybridized carbons (Fsp3) is 0.0556. The molecule has 0 bridgehead atoms. The standard InChI is InChI=1S/C18H13NO4/c1-10-12(17(20)21)7-8-13(15(10)18(22)23)14-6-2-4-11-5-3-9-19-16(11)14/h2-9H,1H3,(H,20,21)(H,22,23). The summed E-state index contributed by atoms with van der Waals surface area (Å²) in [7, 11) is 0. The number of fused-ring (bicyclic) bond motifs is 1. The Balaban J connectivity index is 2.37. The maximum absolute atomic E-state index is 11.7. The van der Waals surface area contributed by atoms with Crippen molar-refractivity contribution in [3.05, 3.63) is 65.4 Å². The van der Waals surface area contributed by atoms with Crippen LogP contribution in [0.3, 0.4) is 0 Å². The van der Waals surface area contributed by atoms with Crippen molar-refractivity contribution in [1.29, 1.82) is 0 Å². The van der Waals surface area contributed by atoms with Crippen LogP contribution in [0.1, 0.15) is 26.3 Å².